The Morgan fingerprint density at radius 1 is 1.30 bits per heavy atom. The van der Waals surface area contributed by atoms with Gasteiger partial charge in [-0.1, -0.05) is 0 Å². The summed E-state index contributed by atoms with van der Waals surface area (Å²) in [6.07, 6.45) is 3.50. The number of aliphatic hydroxyl groups is 1. The molecule has 0 aliphatic carbocycles. The third-order valence-electron chi connectivity index (χ3n) is 4.53. The van der Waals surface area contributed by atoms with Gasteiger partial charge in [-0.05, 0) is 54.2 Å². The maximum atomic E-state index is 10.3. The van der Waals surface area contributed by atoms with E-state index in [-0.39, 0.29) is 5.60 Å². The van der Waals surface area contributed by atoms with Crippen LogP contribution >= 0.6 is 15.9 Å². The highest BCUT2D eigenvalue weighted by molar-refractivity contribution is 9.10. The fraction of sp³-hybridized carbons (Fsp3) is 0.733. The van der Waals surface area contributed by atoms with Gasteiger partial charge < -0.3 is 14.3 Å². The first kappa shape index (κ1) is 14.6. The smallest absolute Gasteiger partial charge is 0.169 e. The zero-order valence-electron chi connectivity index (χ0n) is 11.9. The average Bonchev–Trinajstić information content (AvgIpc) is 2.77. The van der Waals surface area contributed by atoms with E-state index >= 15 is 0 Å². The molecule has 20 heavy (non-hydrogen) atoms. The van der Waals surface area contributed by atoms with Gasteiger partial charge in [0, 0.05) is 19.5 Å². The molecule has 112 valence electrons. The summed E-state index contributed by atoms with van der Waals surface area (Å²) in [5.74, 6) is 0.990. The van der Waals surface area contributed by atoms with Crippen LogP contribution in [0.3, 0.4) is 0 Å². The van der Waals surface area contributed by atoms with Gasteiger partial charge in [0.15, 0.2) is 4.67 Å². The summed E-state index contributed by atoms with van der Waals surface area (Å²) in [6, 6.07) is 3.94. The molecule has 0 bridgehead atoms. The van der Waals surface area contributed by atoms with Crippen molar-refractivity contribution >= 4 is 15.9 Å². The molecule has 0 amide bonds. The number of rotatable bonds is 2. The van der Waals surface area contributed by atoms with Crippen LogP contribution in [0.5, 0.6) is 0 Å². The summed E-state index contributed by atoms with van der Waals surface area (Å²) >= 11 is 3.33. The van der Waals surface area contributed by atoms with Crippen LogP contribution in [0.15, 0.2) is 21.2 Å². The number of furan rings is 1. The SMILES string of the molecule is CC1(O)CCOC2(CCN(Cc3ccc(Br)o3)CC2)C1. The van der Waals surface area contributed by atoms with Crippen LogP contribution in [0.1, 0.15) is 38.4 Å². The van der Waals surface area contributed by atoms with Gasteiger partial charge in [-0.25, -0.2) is 0 Å². The molecule has 2 saturated heterocycles. The summed E-state index contributed by atoms with van der Waals surface area (Å²) in [7, 11) is 0. The second-order valence-corrected chi connectivity index (χ2v) is 7.22. The Labute approximate surface area is 128 Å². The van der Waals surface area contributed by atoms with Gasteiger partial charge in [-0.3, -0.25) is 4.90 Å². The number of hydrogen-bond donors (Lipinski definition) is 1. The molecule has 1 spiro atoms. The quantitative estimate of drug-likeness (QED) is 0.896. The molecular formula is C15H22BrNO3. The van der Waals surface area contributed by atoms with Gasteiger partial charge in [0.25, 0.3) is 0 Å². The molecule has 0 aromatic carbocycles. The Balaban J connectivity index is 1.56. The number of piperidine rings is 1. The molecule has 2 aliphatic heterocycles. The maximum absolute atomic E-state index is 10.3. The van der Waals surface area contributed by atoms with E-state index in [2.05, 4.69) is 20.8 Å². The van der Waals surface area contributed by atoms with Crippen molar-refractivity contribution < 1.29 is 14.3 Å². The van der Waals surface area contributed by atoms with E-state index in [1.807, 2.05) is 19.1 Å². The zero-order chi connectivity index (χ0) is 14.2. The molecule has 1 unspecified atom stereocenters. The molecule has 1 aromatic rings. The van der Waals surface area contributed by atoms with Crippen LogP contribution < -0.4 is 0 Å². The Hall–Kier alpha value is -0.360. The van der Waals surface area contributed by atoms with Gasteiger partial charge in [0.2, 0.25) is 0 Å². The summed E-state index contributed by atoms with van der Waals surface area (Å²) in [4.78, 5) is 2.39. The van der Waals surface area contributed by atoms with Gasteiger partial charge in [0.05, 0.1) is 24.4 Å². The summed E-state index contributed by atoms with van der Waals surface area (Å²) < 4.78 is 12.4. The second-order valence-electron chi connectivity index (χ2n) is 6.44. The van der Waals surface area contributed by atoms with E-state index < -0.39 is 5.60 Å². The minimum Gasteiger partial charge on any atom is -0.453 e. The molecule has 3 heterocycles. The summed E-state index contributed by atoms with van der Waals surface area (Å²) in [5, 5.41) is 10.3. The van der Waals surface area contributed by atoms with Crippen LogP contribution in [0, 0.1) is 0 Å². The molecule has 5 heteroatoms. The number of nitrogens with zero attached hydrogens (tertiary/aromatic N) is 1. The summed E-state index contributed by atoms with van der Waals surface area (Å²) in [6.45, 7) is 5.45. The van der Waals surface area contributed by atoms with Crippen molar-refractivity contribution in [2.45, 2.75) is 50.4 Å². The number of likely N-dealkylation sites (tertiary alicyclic amines) is 1. The molecule has 0 saturated carbocycles. The molecule has 1 N–H and O–H groups in total. The van der Waals surface area contributed by atoms with Crippen LogP contribution in [0.25, 0.3) is 0 Å². The van der Waals surface area contributed by atoms with Gasteiger partial charge in [-0.15, -0.1) is 0 Å². The number of hydrogen-bond acceptors (Lipinski definition) is 4. The lowest BCUT2D eigenvalue weighted by molar-refractivity contribution is -0.173. The monoisotopic (exact) mass is 343 g/mol. The molecule has 2 fully saturated rings. The molecule has 2 aliphatic rings. The fourth-order valence-corrected chi connectivity index (χ4v) is 3.76. The minimum absolute atomic E-state index is 0.109. The third-order valence-corrected chi connectivity index (χ3v) is 4.95. The van der Waals surface area contributed by atoms with Crippen molar-refractivity contribution in [3.8, 4) is 0 Å². The first-order chi connectivity index (χ1) is 9.46. The fourth-order valence-electron chi connectivity index (χ4n) is 3.42. The third kappa shape index (κ3) is 3.27. The first-order valence-corrected chi connectivity index (χ1v) is 8.09. The lowest BCUT2D eigenvalue weighted by Crippen LogP contribution is -2.53. The molecule has 1 atom stereocenters. The molecular weight excluding hydrogens is 322 g/mol. The molecule has 4 nitrogen and oxygen atoms in total. The van der Waals surface area contributed by atoms with Gasteiger partial charge in [-0.2, -0.15) is 0 Å². The highest BCUT2D eigenvalue weighted by Crippen LogP contribution is 2.39. The van der Waals surface area contributed by atoms with Gasteiger partial charge >= 0.3 is 0 Å². The van der Waals surface area contributed by atoms with Crippen molar-refractivity contribution in [1.29, 1.82) is 0 Å². The predicted octanol–water partition coefficient (Wildman–Crippen LogP) is 2.94. The highest BCUT2D eigenvalue weighted by Gasteiger charge is 2.44. The van der Waals surface area contributed by atoms with E-state index in [0.29, 0.717) is 6.61 Å². The van der Waals surface area contributed by atoms with E-state index in [0.717, 1.165) is 55.7 Å². The lowest BCUT2D eigenvalue weighted by Gasteiger charge is -2.48. The Kier molecular flexibility index (Phi) is 3.97. The second kappa shape index (κ2) is 5.44. The van der Waals surface area contributed by atoms with E-state index in [9.17, 15) is 5.11 Å². The lowest BCUT2D eigenvalue weighted by atomic mass is 9.78. The summed E-state index contributed by atoms with van der Waals surface area (Å²) in [5.41, 5.74) is -0.672. The van der Waals surface area contributed by atoms with Crippen LogP contribution in [-0.2, 0) is 11.3 Å². The normalized spacial score (nSPS) is 30.8. The van der Waals surface area contributed by atoms with Gasteiger partial charge in [0.1, 0.15) is 5.76 Å². The average molecular weight is 344 g/mol. The topological polar surface area (TPSA) is 45.8 Å². The van der Waals surface area contributed by atoms with Crippen molar-refractivity contribution in [2.24, 2.45) is 0 Å². The highest BCUT2D eigenvalue weighted by atomic mass is 79.9. The number of halogens is 1. The maximum Gasteiger partial charge on any atom is 0.169 e. The largest absolute Gasteiger partial charge is 0.453 e. The minimum atomic E-state index is -0.563. The van der Waals surface area contributed by atoms with Crippen LogP contribution in [-0.4, -0.2) is 40.9 Å². The molecule has 1 aromatic heterocycles. The van der Waals surface area contributed by atoms with Crippen LogP contribution in [0.2, 0.25) is 0 Å². The Morgan fingerprint density at radius 3 is 2.65 bits per heavy atom. The van der Waals surface area contributed by atoms with E-state index in [1.165, 1.54) is 0 Å². The van der Waals surface area contributed by atoms with E-state index in [1.54, 1.807) is 0 Å². The van der Waals surface area contributed by atoms with Crippen LogP contribution in [0.4, 0.5) is 0 Å². The standard InChI is InChI=1S/C15H22BrNO3/c1-14(18)6-9-19-15(11-14)4-7-17(8-5-15)10-12-2-3-13(16)20-12/h2-3,18H,4-11H2,1H3. The van der Waals surface area contributed by atoms with E-state index in [4.69, 9.17) is 9.15 Å². The predicted molar refractivity (Wildman–Crippen MR) is 79.5 cm³/mol. The van der Waals surface area contributed by atoms with Crippen molar-refractivity contribution in [2.75, 3.05) is 19.7 Å². The molecule has 0 radical (unpaired) electrons. The number of ether oxygens (including phenoxy) is 1. The Morgan fingerprint density at radius 2 is 2.05 bits per heavy atom. The van der Waals surface area contributed by atoms with Crippen molar-refractivity contribution in [3.05, 3.63) is 22.6 Å². The molecule has 3 rings (SSSR count). The zero-order valence-corrected chi connectivity index (χ0v) is 13.5. The van der Waals surface area contributed by atoms with Crippen molar-refractivity contribution in [3.63, 3.8) is 0 Å². The van der Waals surface area contributed by atoms with Crippen molar-refractivity contribution in [1.82, 2.24) is 4.90 Å². The first-order valence-electron chi connectivity index (χ1n) is 7.29. The Bertz CT molecular complexity index is 463.